The number of carbonyl (C=O) groups excluding carboxylic acids is 3. The Morgan fingerprint density at radius 3 is 2.74 bits per heavy atom. The molecule has 0 bridgehead atoms. The average molecular weight is 467 g/mol. The van der Waals surface area contributed by atoms with Gasteiger partial charge in [-0.3, -0.25) is 19.3 Å². The standard InChI is InChI=1S/C26H30N2O6/c1-3-8-21(29)24(34-16-19-9-5-4-6-10-19)20-15-18(2)28(26(31)22-11-7-13-33-22)23-17-32-14-12-27(23)25(20)30/h3-6,8-10,22-23H,2,7,11-17H2,1H3/b8-3-,24-20-/t22?,23-/m1/s1. The van der Waals surface area contributed by atoms with E-state index in [1.54, 1.807) is 17.9 Å². The third-order valence-electron chi connectivity index (χ3n) is 6.13. The molecule has 3 fully saturated rings. The van der Waals surface area contributed by atoms with Crippen molar-refractivity contribution in [2.75, 3.05) is 26.4 Å². The first-order valence-corrected chi connectivity index (χ1v) is 11.6. The summed E-state index contributed by atoms with van der Waals surface area (Å²) in [7, 11) is 0. The molecule has 0 aliphatic carbocycles. The lowest BCUT2D eigenvalue weighted by molar-refractivity contribution is -0.156. The quantitative estimate of drug-likeness (QED) is 0.473. The Balaban J connectivity index is 1.72. The number of allylic oxidation sites excluding steroid dienone is 3. The van der Waals surface area contributed by atoms with Gasteiger partial charge in [-0.2, -0.15) is 0 Å². The van der Waals surface area contributed by atoms with Crippen LogP contribution in [0.5, 0.6) is 0 Å². The number of nitrogens with zero attached hydrogens (tertiary/aromatic N) is 2. The number of ether oxygens (including phenoxy) is 3. The molecule has 3 saturated heterocycles. The maximum absolute atomic E-state index is 13.7. The summed E-state index contributed by atoms with van der Waals surface area (Å²) in [5.74, 6) is -1.01. The maximum Gasteiger partial charge on any atom is 0.257 e. The normalized spacial score (nSPS) is 24.7. The second kappa shape index (κ2) is 10.8. The van der Waals surface area contributed by atoms with Gasteiger partial charge in [-0.1, -0.05) is 43.0 Å². The van der Waals surface area contributed by atoms with E-state index in [0.29, 0.717) is 31.9 Å². The van der Waals surface area contributed by atoms with E-state index in [1.165, 1.54) is 11.0 Å². The highest BCUT2D eigenvalue weighted by atomic mass is 16.5. The number of ketones is 1. The number of amides is 2. The van der Waals surface area contributed by atoms with Gasteiger partial charge >= 0.3 is 0 Å². The molecule has 3 aliphatic rings. The third-order valence-corrected chi connectivity index (χ3v) is 6.13. The Morgan fingerprint density at radius 1 is 1.24 bits per heavy atom. The fourth-order valence-corrected chi connectivity index (χ4v) is 4.46. The fourth-order valence-electron chi connectivity index (χ4n) is 4.46. The van der Waals surface area contributed by atoms with E-state index >= 15 is 0 Å². The number of carbonyl (C=O) groups is 3. The van der Waals surface area contributed by atoms with Crippen LogP contribution >= 0.6 is 0 Å². The van der Waals surface area contributed by atoms with Gasteiger partial charge in [-0.25, -0.2) is 0 Å². The summed E-state index contributed by atoms with van der Waals surface area (Å²) in [6, 6.07) is 9.42. The molecule has 3 aliphatic heterocycles. The summed E-state index contributed by atoms with van der Waals surface area (Å²) < 4.78 is 17.2. The lowest BCUT2D eigenvalue weighted by atomic mass is 10.0. The summed E-state index contributed by atoms with van der Waals surface area (Å²) in [6.45, 7) is 7.31. The number of fused-ring (bicyclic) bond motifs is 1. The molecular weight excluding hydrogens is 436 g/mol. The smallest absolute Gasteiger partial charge is 0.257 e. The minimum absolute atomic E-state index is 0.0116. The van der Waals surface area contributed by atoms with Crippen molar-refractivity contribution in [1.29, 1.82) is 0 Å². The molecule has 1 aromatic carbocycles. The highest BCUT2D eigenvalue weighted by Crippen LogP contribution is 2.32. The van der Waals surface area contributed by atoms with Gasteiger partial charge in [-0.05, 0) is 31.4 Å². The minimum Gasteiger partial charge on any atom is -0.484 e. The van der Waals surface area contributed by atoms with Gasteiger partial charge in [0.05, 0.1) is 18.8 Å². The highest BCUT2D eigenvalue weighted by Gasteiger charge is 2.44. The summed E-state index contributed by atoms with van der Waals surface area (Å²) in [6.07, 6.45) is 3.21. The summed E-state index contributed by atoms with van der Waals surface area (Å²) in [5, 5.41) is 0. The zero-order chi connectivity index (χ0) is 24.1. The van der Waals surface area contributed by atoms with Gasteiger partial charge in [0, 0.05) is 25.3 Å². The van der Waals surface area contributed by atoms with Crippen LogP contribution in [0.3, 0.4) is 0 Å². The maximum atomic E-state index is 13.7. The molecule has 8 heteroatoms. The molecule has 8 nitrogen and oxygen atoms in total. The minimum atomic E-state index is -0.643. The number of hydrogen-bond donors (Lipinski definition) is 0. The molecule has 1 unspecified atom stereocenters. The predicted octanol–water partition coefficient (Wildman–Crippen LogP) is 2.71. The van der Waals surface area contributed by atoms with Crippen LogP contribution in [0.15, 0.2) is 66.1 Å². The number of hydrogen-bond acceptors (Lipinski definition) is 6. The lowest BCUT2D eigenvalue weighted by Crippen LogP contribution is -2.58. The molecule has 34 heavy (non-hydrogen) atoms. The van der Waals surface area contributed by atoms with E-state index in [4.69, 9.17) is 14.2 Å². The Hall–Kier alpha value is -3.23. The molecule has 0 spiro atoms. The topological polar surface area (TPSA) is 85.4 Å². The summed E-state index contributed by atoms with van der Waals surface area (Å²) in [5.41, 5.74) is 1.47. The molecule has 0 radical (unpaired) electrons. The molecule has 1 aromatic rings. The SMILES string of the molecule is C=C1C/C(=C(/OCc2ccccc2)C(=O)/C=C\C)C(=O)N2CCOC[C@H]2N1C(=O)C1CCCO1. The predicted molar refractivity (Wildman–Crippen MR) is 124 cm³/mol. The van der Waals surface area contributed by atoms with Crippen molar-refractivity contribution in [2.24, 2.45) is 0 Å². The van der Waals surface area contributed by atoms with Crippen LogP contribution in [-0.2, 0) is 35.2 Å². The van der Waals surface area contributed by atoms with Gasteiger partial charge < -0.3 is 19.1 Å². The second-order valence-electron chi connectivity index (χ2n) is 8.45. The molecule has 3 heterocycles. The highest BCUT2D eigenvalue weighted by molar-refractivity contribution is 6.09. The van der Waals surface area contributed by atoms with E-state index in [0.717, 1.165) is 12.0 Å². The molecule has 2 atom stereocenters. The molecule has 0 saturated carbocycles. The Morgan fingerprint density at radius 2 is 2.03 bits per heavy atom. The van der Waals surface area contributed by atoms with Crippen molar-refractivity contribution >= 4 is 17.6 Å². The van der Waals surface area contributed by atoms with Crippen LogP contribution in [0.1, 0.15) is 31.7 Å². The number of morpholine rings is 1. The van der Waals surface area contributed by atoms with E-state index in [2.05, 4.69) is 6.58 Å². The molecule has 4 rings (SSSR count). The van der Waals surface area contributed by atoms with Gasteiger partial charge in [0.15, 0.2) is 5.76 Å². The zero-order valence-electron chi connectivity index (χ0n) is 19.4. The van der Waals surface area contributed by atoms with Crippen molar-refractivity contribution in [3.8, 4) is 0 Å². The van der Waals surface area contributed by atoms with Gasteiger partial charge in [0.2, 0.25) is 5.78 Å². The zero-order valence-corrected chi connectivity index (χ0v) is 19.4. The van der Waals surface area contributed by atoms with Crippen molar-refractivity contribution in [2.45, 2.75) is 45.1 Å². The van der Waals surface area contributed by atoms with Crippen LogP contribution in [0, 0.1) is 0 Å². The van der Waals surface area contributed by atoms with Gasteiger partial charge in [0.1, 0.15) is 18.9 Å². The number of benzene rings is 1. The first kappa shape index (κ1) is 23.9. The Labute approximate surface area is 199 Å². The van der Waals surface area contributed by atoms with Crippen LogP contribution < -0.4 is 0 Å². The van der Waals surface area contributed by atoms with Crippen molar-refractivity contribution < 1.29 is 28.6 Å². The van der Waals surface area contributed by atoms with E-state index < -0.39 is 18.1 Å². The summed E-state index contributed by atoms with van der Waals surface area (Å²) in [4.78, 5) is 43.2. The number of rotatable bonds is 6. The summed E-state index contributed by atoms with van der Waals surface area (Å²) >= 11 is 0. The lowest BCUT2D eigenvalue weighted by Gasteiger charge is -2.41. The molecule has 2 amide bonds. The average Bonchev–Trinajstić information content (AvgIpc) is 3.36. The van der Waals surface area contributed by atoms with E-state index in [1.807, 2.05) is 30.3 Å². The van der Waals surface area contributed by atoms with Crippen LogP contribution in [0.2, 0.25) is 0 Å². The van der Waals surface area contributed by atoms with Crippen molar-refractivity contribution in [1.82, 2.24) is 9.80 Å². The Bertz CT molecular complexity index is 1010. The molecular formula is C26H30N2O6. The van der Waals surface area contributed by atoms with E-state index in [9.17, 15) is 14.4 Å². The monoisotopic (exact) mass is 466 g/mol. The first-order chi connectivity index (χ1) is 16.5. The van der Waals surface area contributed by atoms with Gasteiger partial charge in [0.25, 0.3) is 11.8 Å². The molecule has 0 N–H and O–H groups in total. The van der Waals surface area contributed by atoms with Gasteiger partial charge in [-0.15, -0.1) is 0 Å². The van der Waals surface area contributed by atoms with Crippen LogP contribution in [0.25, 0.3) is 0 Å². The first-order valence-electron chi connectivity index (χ1n) is 11.6. The van der Waals surface area contributed by atoms with Crippen molar-refractivity contribution in [3.63, 3.8) is 0 Å². The third kappa shape index (κ3) is 4.98. The van der Waals surface area contributed by atoms with E-state index in [-0.39, 0.29) is 42.8 Å². The fraction of sp³-hybridized carbons (Fsp3) is 0.423. The largest absolute Gasteiger partial charge is 0.484 e. The molecule has 0 aromatic heterocycles. The Kier molecular flexibility index (Phi) is 7.59. The van der Waals surface area contributed by atoms with Crippen LogP contribution in [-0.4, -0.2) is 66.0 Å². The van der Waals surface area contributed by atoms with Crippen molar-refractivity contribution in [3.05, 3.63) is 71.7 Å². The second-order valence-corrected chi connectivity index (χ2v) is 8.45. The molecule has 180 valence electrons. The van der Waals surface area contributed by atoms with Crippen LogP contribution in [0.4, 0.5) is 0 Å².